The van der Waals surface area contributed by atoms with Crippen LogP contribution in [0.25, 0.3) is 0 Å². The van der Waals surface area contributed by atoms with Gasteiger partial charge < -0.3 is 29.9 Å². The second-order valence-electron chi connectivity index (χ2n) is 7.59. The first-order valence-electron chi connectivity index (χ1n) is 7.62. The summed E-state index contributed by atoms with van der Waals surface area (Å²) in [7, 11) is -4.28. The molecule has 1 saturated heterocycles. The van der Waals surface area contributed by atoms with E-state index in [1.807, 2.05) is 0 Å². The molecule has 0 unspecified atom stereocenters. The van der Waals surface area contributed by atoms with Crippen molar-refractivity contribution in [2.24, 2.45) is 0 Å². The lowest BCUT2D eigenvalue weighted by atomic mass is 9.98. The topological polar surface area (TPSA) is 180 Å². The van der Waals surface area contributed by atoms with Crippen molar-refractivity contribution in [2.45, 2.75) is 83.5 Å². The van der Waals surface area contributed by atoms with E-state index in [2.05, 4.69) is 4.18 Å². The average molecular weight is 404 g/mol. The van der Waals surface area contributed by atoms with Gasteiger partial charge in [-0.15, -0.1) is 0 Å². The summed E-state index contributed by atoms with van der Waals surface area (Å²) in [6, 6.07) is 0. The Balaban J connectivity index is 0.000000590. The highest BCUT2D eigenvalue weighted by molar-refractivity contribution is 7.80. The Kier molecular flexibility index (Phi) is 8.59. The first-order chi connectivity index (χ1) is 11.3. The number of carboxylic acids is 1. The highest BCUT2D eigenvalue weighted by Gasteiger charge is 2.48. The van der Waals surface area contributed by atoms with Gasteiger partial charge in [-0.1, -0.05) is 0 Å². The van der Waals surface area contributed by atoms with Gasteiger partial charge in [0.15, 0.2) is 12.4 Å². The minimum atomic E-state index is -4.28. The van der Waals surface area contributed by atoms with Crippen LogP contribution in [0.4, 0.5) is 0 Å². The van der Waals surface area contributed by atoms with E-state index in [1.54, 1.807) is 20.8 Å². The molecule has 1 aliphatic rings. The van der Waals surface area contributed by atoms with Crippen molar-refractivity contribution >= 4 is 16.4 Å². The molecule has 11 nitrogen and oxygen atoms in total. The van der Waals surface area contributed by atoms with Crippen LogP contribution in [0.15, 0.2) is 0 Å². The summed E-state index contributed by atoms with van der Waals surface area (Å²) in [6.07, 6.45) is -7.74. The lowest BCUT2D eigenvalue weighted by Gasteiger charge is -2.40. The van der Waals surface area contributed by atoms with E-state index in [0.29, 0.717) is 0 Å². The number of hydrogen-bond donors (Lipinski definition) is 5. The molecule has 26 heavy (non-hydrogen) atoms. The quantitative estimate of drug-likeness (QED) is 0.375. The predicted octanol–water partition coefficient (Wildman–Crippen LogP) is -0.702. The van der Waals surface area contributed by atoms with Crippen molar-refractivity contribution in [3.05, 3.63) is 0 Å². The van der Waals surface area contributed by atoms with Crippen LogP contribution in [0.3, 0.4) is 0 Å². The number of rotatable bonds is 3. The molecular weight excluding hydrogens is 376 g/mol. The van der Waals surface area contributed by atoms with E-state index in [0.717, 1.165) is 0 Å². The van der Waals surface area contributed by atoms with Crippen LogP contribution in [-0.2, 0) is 28.9 Å². The normalized spacial score (nSPS) is 30.3. The van der Waals surface area contributed by atoms with Crippen molar-refractivity contribution in [2.75, 3.05) is 0 Å². The van der Waals surface area contributed by atoms with Crippen LogP contribution in [0.1, 0.15) is 41.5 Å². The van der Waals surface area contributed by atoms with Gasteiger partial charge in [0.25, 0.3) is 0 Å². The Morgan fingerprint density at radius 3 is 1.65 bits per heavy atom. The summed E-state index contributed by atoms with van der Waals surface area (Å²) in [6.45, 7) is 9.66. The van der Waals surface area contributed by atoms with Gasteiger partial charge in [-0.05, 0) is 41.5 Å². The molecule has 1 aliphatic heterocycles. The highest BCUT2D eigenvalue weighted by Crippen LogP contribution is 2.25. The maximum absolute atomic E-state index is 10.8. The van der Waals surface area contributed by atoms with Gasteiger partial charge in [0, 0.05) is 0 Å². The summed E-state index contributed by atoms with van der Waals surface area (Å²) in [5, 5.41) is 37.3. The van der Waals surface area contributed by atoms with Crippen LogP contribution in [0, 0.1) is 0 Å². The van der Waals surface area contributed by atoms with Crippen molar-refractivity contribution in [3.8, 4) is 0 Å². The third kappa shape index (κ3) is 9.73. The molecule has 12 heteroatoms. The second-order valence-corrected chi connectivity index (χ2v) is 8.61. The molecule has 5 N–H and O–H groups in total. The van der Waals surface area contributed by atoms with Gasteiger partial charge >= 0.3 is 16.4 Å². The zero-order chi connectivity index (χ0) is 21.1. The van der Waals surface area contributed by atoms with E-state index < -0.39 is 58.3 Å². The number of hydrogen-bond acceptors (Lipinski definition) is 9. The van der Waals surface area contributed by atoms with Crippen molar-refractivity contribution in [1.82, 2.24) is 0 Å². The van der Waals surface area contributed by atoms with Crippen molar-refractivity contribution in [1.29, 1.82) is 0 Å². The highest BCUT2D eigenvalue weighted by atomic mass is 32.3. The smallest absolute Gasteiger partial charge is 0.397 e. The molecule has 0 aliphatic carbocycles. The van der Waals surface area contributed by atoms with Gasteiger partial charge in [0.1, 0.15) is 18.3 Å². The summed E-state index contributed by atoms with van der Waals surface area (Å²) in [5.41, 5.74) is -1.54. The van der Waals surface area contributed by atoms with Crippen LogP contribution < -0.4 is 0 Å². The molecule has 0 saturated carbocycles. The Labute approximate surface area is 152 Å². The maximum atomic E-state index is 10.8. The molecule has 0 aromatic heterocycles. The molecule has 0 aromatic carbocycles. The Bertz CT molecular complexity index is 560. The number of aliphatic carboxylic acids is 1. The van der Waals surface area contributed by atoms with Gasteiger partial charge in [0.05, 0.1) is 11.2 Å². The minimum Gasteiger partial charge on any atom is -0.479 e. The minimum absolute atomic E-state index is 0.684. The Morgan fingerprint density at radius 2 is 1.38 bits per heavy atom. The van der Waals surface area contributed by atoms with E-state index in [1.165, 1.54) is 20.8 Å². The monoisotopic (exact) mass is 404 g/mol. The number of carboxylic acid groups (broad SMARTS) is 1. The van der Waals surface area contributed by atoms with Crippen LogP contribution in [0.5, 0.6) is 0 Å². The summed E-state index contributed by atoms with van der Waals surface area (Å²) in [4.78, 5) is 10.8. The van der Waals surface area contributed by atoms with E-state index in [-0.39, 0.29) is 0 Å². The van der Waals surface area contributed by atoms with E-state index in [4.69, 9.17) is 19.1 Å². The number of carbonyl (C=O) groups is 1. The summed E-state index contributed by atoms with van der Waals surface area (Å²) >= 11 is 0. The molecule has 1 rings (SSSR count). The third-order valence-electron chi connectivity index (χ3n) is 2.64. The SMILES string of the molecule is CC(C)(C)OS(=O)(=O)O.CC(C)(C)O[C@@H]1O[C@H](C(=O)O)[C@@H](O)[C@H](O)[C@H]1O. The first kappa shape index (κ1) is 25.1. The molecule has 0 amide bonds. The van der Waals surface area contributed by atoms with Crippen LogP contribution >= 0.6 is 0 Å². The molecule has 0 bridgehead atoms. The van der Waals surface area contributed by atoms with E-state index in [9.17, 15) is 28.5 Å². The predicted molar refractivity (Wildman–Crippen MR) is 87.5 cm³/mol. The molecule has 0 radical (unpaired) electrons. The molecule has 0 spiro atoms. The summed E-state index contributed by atoms with van der Waals surface area (Å²) < 4.78 is 42.4. The maximum Gasteiger partial charge on any atom is 0.397 e. The fraction of sp³-hybridized carbons (Fsp3) is 0.929. The summed E-state index contributed by atoms with van der Waals surface area (Å²) in [5.74, 6) is -1.43. The van der Waals surface area contributed by atoms with Crippen molar-refractivity contribution in [3.63, 3.8) is 0 Å². The number of ether oxygens (including phenoxy) is 2. The largest absolute Gasteiger partial charge is 0.479 e. The van der Waals surface area contributed by atoms with Gasteiger partial charge in [-0.3, -0.25) is 4.55 Å². The molecule has 156 valence electrons. The lowest BCUT2D eigenvalue weighted by Crippen LogP contribution is -2.61. The zero-order valence-corrected chi connectivity index (χ0v) is 16.3. The molecule has 5 atom stereocenters. The number of aliphatic hydroxyl groups is 3. The first-order valence-corrected chi connectivity index (χ1v) is 8.99. The second kappa shape index (κ2) is 8.89. The zero-order valence-electron chi connectivity index (χ0n) is 15.5. The van der Waals surface area contributed by atoms with Gasteiger partial charge in [0.2, 0.25) is 0 Å². The lowest BCUT2D eigenvalue weighted by molar-refractivity contribution is -0.314. The molecule has 0 aromatic rings. The average Bonchev–Trinajstić information content (AvgIpc) is 2.34. The fourth-order valence-electron chi connectivity index (χ4n) is 1.81. The van der Waals surface area contributed by atoms with Gasteiger partial charge in [-0.25, -0.2) is 8.98 Å². The molecule has 1 fully saturated rings. The number of aliphatic hydroxyl groups excluding tert-OH is 3. The molecule has 1 heterocycles. The van der Waals surface area contributed by atoms with Gasteiger partial charge in [-0.2, -0.15) is 8.42 Å². The van der Waals surface area contributed by atoms with E-state index >= 15 is 0 Å². The van der Waals surface area contributed by atoms with Crippen molar-refractivity contribution < 1.29 is 51.8 Å². The Morgan fingerprint density at radius 1 is 0.923 bits per heavy atom. The van der Waals surface area contributed by atoms with Crippen LogP contribution in [-0.4, -0.2) is 81.3 Å². The van der Waals surface area contributed by atoms with Crippen LogP contribution in [0.2, 0.25) is 0 Å². The standard InChI is InChI=1S/C10H18O7.C4H10O4S/c1-10(2,3)17-9-6(13)4(11)5(12)7(16-9)8(14)15;1-4(2,3)8-9(5,6)7/h4-7,9,11-13H,1-3H3,(H,14,15);1-3H3,(H,5,6,7)/t4-,5-,6+,7-,9-;/m0./s1. The Hall–Kier alpha value is -0.860. The molecular formula is C14H28O11S. The fourth-order valence-corrected chi connectivity index (χ4v) is 2.45. The third-order valence-corrected chi connectivity index (χ3v) is 3.35.